The van der Waals surface area contributed by atoms with Crippen molar-refractivity contribution in [3.05, 3.63) is 11.3 Å². The summed E-state index contributed by atoms with van der Waals surface area (Å²) in [5.41, 5.74) is 0.788. The van der Waals surface area contributed by atoms with Crippen LogP contribution in [0.2, 0.25) is 0 Å². The molecule has 1 aliphatic heterocycles. The Morgan fingerprint density at radius 2 is 1.47 bits per heavy atom. The Labute approximate surface area is 89.5 Å². The summed E-state index contributed by atoms with van der Waals surface area (Å²) in [7, 11) is 0. The van der Waals surface area contributed by atoms with Gasteiger partial charge in [-0.15, -0.1) is 0 Å². The fourth-order valence-electron chi connectivity index (χ4n) is 2.18. The van der Waals surface area contributed by atoms with Crippen molar-refractivity contribution in [2.45, 2.75) is 51.4 Å². The fourth-order valence-corrected chi connectivity index (χ4v) is 2.18. The Morgan fingerprint density at radius 3 is 2.27 bits per heavy atom. The number of carbonyl (C=O) groups is 2. The summed E-state index contributed by atoms with van der Waals surface area (Å²) in [4.78, 5) is 22.9. The highest BCUT2D eigenvalue weighted by atomic mass is 16.5. The summed E-state index contributed by atoms with van der Waals surface area (Å²) in [6, 6.07) is 0. The lowest BCUT2D eigenvalue weighted by Crippen LogP contribution is -2.13. The molecule has 1 heterocycles. The third kappa shape index (κ3) is 2.46. The number of Topliss-reactive ketones (excluding diaryl/α,β-unsaturated/α-hetero) is 1. The van der Waals surface area contributed by atoms with Crippen LogP contribution < -0.4 is 0 Å². The van der Waals surface area contributed by atoms with E-state index in [1.54, 1.807) is 0 Å². The van der Waals surface area contributed by atoms with Gasteiger partial charge in [0.1, 0.15) is 5.76 Å². The highest BCUT2D eigenvalue weighted by Gasteiger charge is 2.23. The molecule has 1 aliphatic carbocycles. The first-order chi connectivity index (χ1) is 7.27. The summed E-state index contributed by atoms with van der Waals surface area (Å²) >= 11 is 0. The molecule has 15 heavy (non-hydrogen) atoms. The molecule has 0 amide bonds. The van der Waals surface area contributed by atoms with Crippen molar-refractivity contribution >= 4 is 11.8 Å². The third-order valence-corrected chi connectivity index (χ3v) is 3.03. The average molecular weight is 208 g/mol. The zero-order valence-corrected chi connectivity index (χ0v) is 8.88. The molecule has 0 aromatic carbocycles. The van der Waals surface area contributed by atoms with Gasteiger partial charge >= 0.3 is 5.97 Å². The van der Waals surface area contributed by atoms with Crippen LogP contribution in [0.3, 0.4) is 0 Å². The molecule has 0 aromatic rings. The molecule has 0 unspecified atom stereocenters. The van der Waals surface area contributed by atoms with E-state index in [-0.39, 0.29) is 11.8 Å². The molecular formula is C12H16O3. The van der Waals surface area contributed by atoms with E-state index in [4.69, 9.17) is 4.74 Å². The molecule has 0 spiro atoms. The first-order valence-corrected chi connectivity index (χ1v) is 5.73. The second-order valence-corrected chi connectivity index (χ2v) is 4.21. The molecule has 2 aliphatic rings. The molecule has 1 saturated carbocycles. The van der Waals surface area contributed by atoms with Gasteiger partial charge in [0.2, 0.25) is 0 Å². The maximum Gasteiger partial charge on any atom is 0.310 e. The van der Waals surface area contributed by atoms with Crippen molar-refractivity contribution in [3.63, 3.8) is 0 Å². The zero-order chi connectivity index (χ0) is 10.7. The minimum Gasteiger partial charge on any atom is -0.431 e. The highest BCUT2D eigenvalue weighted by molar-refractivity contribution is 5.96. The average Bonchev–Trinajstić information content (AvgIpc) is 2.43. The number of ether oxygens (including phenoxy) is 1. The summed E-state index contributed by atoms with van der Waals surface area (Å²) < 4.78 is 5.24. The lowest BCUT2D eigenvalue weighted by Gasteiger charge is -2.16. The van der Waals surface area contributed by atoms with Crippen LogP contribution in [0.15, 0.2) is 11.3 Å². The van der Waals surface area contributed by atoms with E-state index in [0.717, 1.165) is 44.1 Å². The molecule has 3 nitrogen and oxygen atoms in total. The zero-order valence-electron chi connectivity index (χ0n) is 8.88. The van der Waals surface area contributed by atoms with Crippen molar-refractivity contribution in [1.82, 2.24) is 0 Å². The van der Waals surface area contributed by atoms with Gasteiger partial charge in [-0.1, -0.05) is 0 Å². The number of allylic oxidation sites excluding steroid dienone is 2. The summed E-state index contributed by atoms with van der Waals surface area (Å²) in [5, 5.41) is 0. The van der Waals surface area contributed by atoms with E-state index < -0.39 is 0 Å². The smallest absolute Gasteiger partial charge is 0.310 e. The number of ketones is 1. The van der Waals surface area contributed by atoms with Crippen molar-refractivity contribution in [2.75, 3.05) is 0 Å². The molecule has 0 N–H and O–H groups in total. The van der Waals surface area contributed by atoms with E-state index in [2.05, 4.69) is 0 Å². The van der Waals surface area contributed by atoms with Gasteiger partial charge in [-0.25, -0.2) is 0 Å². The molecule has 0 aromatic heterocycles. The second kappa shape index (κ2) is 4.60. The van der Waals surface area contributed by atoms with Crippen molar-refractivity contribution < 1.29 is 14.3 Å². The SMILES string of the molecule is O=C1CCCCC(=C2CCCCC2=O)O1. The fraction of sp³-hybridized carbons (Fsp3) is 0.667. The molecule has 3 heteroatoms. The minimum atomic E-state index is -0.173. The summed E-state index contributed by atoms with van der Waals surface area (Å²) in [6.07, 6.45) is 6.52. The van der Waals surface area contributed by atoms with Gasteiger partial charge in [0, 0.05) is 24.8 Å². The molecule has 0 radical (unpaired) electrons. The predicted molar refractivity (Wildman–Crippen MR) is 55.1 cm³/mol. The molecule has 0 atom stereocenters. The van der Waals surface area contributed by atoms with E-state index in [1.165, 1.54) is 0 Å². The van der Waals surface area contributed by atoms with Crippen LogP contribution in [-0.4, -0.2) is 11.8 Å². The lowest BCUT2D eigenvalue weighted by atomic mass is 9.91. The first-order valence-electron chi connectivity index (χ1n) is 5.73. The van der Waals surface area contributed by atoms with Crippen LogP contribution in [0.1, 0.15) is 51.4 Å². The van der Waals surface area contributed by atoms with Crippen molar-refractivity contribution in [2.24, 2.45) is 0 Å². The Balaban J connectivity index is 2.20. The quantitative estimate of drug-likeness (QED) is 0.453. The van der Waals surface area contributed by atoms with Gasteiger partial charge in [0.05, 0.1) is 0 Å². The Bertz CT molecular complexity index is 315. The van der Waals surface area contributed by atoms with Crippen LogP contribution in [0.5, 0.6) is 0 Å². The van der Waals surface area contributed by atoms with Gasteiger partial charge in [0.25, 0.3) is 0 Å². The largest absolute Gasteiger partial charge is 0.431 e. The number of esters is 1. The number of rotatable bonds is 0. The summed E-state index contributed by atoms with van der Waals surface area (Å²) in [5.74, 6) is 0.682. The standard InChI is InChI=1S/C12H16O3/c13-10-6-2-1-5-9(10)11-7-3-4-8-12(14)15-11/h1-8H2. The third-order valence-electron chi connectivity index (χ3n) is 3.03. The number of hydrogen-bond donors (Lipinski definition) is 0. The monoisotopic (exact) mass is 208 g/mol. The Kier molecular flexibility index (Phi) is 3.19. The van der Waals surface area contributed by atoms with Crippen LogP contribution in [0.25, 0.3) is 0 Å². The topological polar surface area (TPSA) is 43.4 Å². The maximum atomic E-state index is 11.7. The number of carbonyl (C=O) groups excluding carboxylic acids is 2. The van der Waals surface area contributed by atoms with Crippen LogP contribution >= 0.6 is 0 Å². The van der Waals surface area contributed by atoms with E-state index in [1.807, 2.05) is 0 Å². The van der Waals surface area contributed by atoms with E-state index in [9.17, 15) is 9.59 Å². The number of hydrogen-bond acceptors (Lipinski definition) is 3. The Morgan fingerprint density at radius 1 is 0.800 bits per heavy atom. The maximum absolute atomic E-state index is 11.7. The predicted octanol–water partition coefficient (Wildman–Crippen LogP) is 2.50. The second-order valence-electron chi connectivity index (χ2n) is 4.21. The first kappa shape index (κ1) is 10.4. The lowest BCUT2D eigenvalue weighted by molar-refractivity contribution is -0.139. The minimum absolute atomic E-state index is 0.173. The molecule has 1 saturated heterocycles. The molecule has 2 fully saturated rings. The highest BCUT2D eigenvalue weighted by Crippen LogP contribution is 2.28. The van der Waals surface area contributed by atoms with E-state index in [0.29, 0.717) is 18.6 Å². The van der Waals surface area contributed by atoms with Gasteiger partial charge in [0.15, 0.2) is 5.78 Å². The summed E-state index contributed by atoms with van der Waals surface area (Å²) in [6.45, 7) is 0. The van der Waals surface area contributed by atoms with Crippen molar-refractivity contribution in [1.29, 1.82) is 0 Å². The molecule has 0 bridgehead atoms. The van der Waals surface area contributed by atoms with Gasteiger partial charge in [-0.05, 0) is 32.1 Å². The van der Waals surface area contributed by atoms with Crippen molar-refractivity contribution in [3.8, 4) is 0 Å². The van der Waals surface area contributed by atoms with Crippen LogP contribution in [-0.2, 0) is 14.3 Å². The molecular weight excluding hydrogens is 192 g/mol. The number of cyclic esters (lactones) is 1. The van der Waals surface area contributed by atoms with Gasteiger partial charge in [-0.3, -0.25) is 9.59 Å². The van der Waals surface area contributed by atoms with Crippen LogP contribution in [0, 0.1) is 0 Å². The Hall–Kier alpha value is -1.12. The normalized spacial score (nSPS) is 28.5. The van der Waals surface area contributed by atoms with Crippen LogP contribution in [0.4, 0.5) is 0 Å². The van der Waals surface area contributed by atoms with Gasteiger partial charge < -0.3 is 4.74 Å². The van der Waals surface area contributed by atoms with Gasteiger partial charge in [-0.2, -0.15) is 0 Å². The van der Waals surface area contributed by atoms with E-state index >= 15 is 0 Å². The molecule has 2 rings (SSSR count). The molecule has 82 valence electrons.